The van der Waals surface area contributed by atoms with E-state index in [2.05, 4.69) is 15.3 Å². The van der Waals surface area contributed by atoms with E-state index >= 15 is 0 Å². The van der Waals surface area contributed by atoms with Crippen LogP contribution in [-0.2, 0) is 15.6 Å². The number of carbonyl (C=O) groups is 1. The molecule has 0 fully saturated rings. The van der Waals surface area contributed by atoms with Gasteiger partial charge in [-0.1, -0.05) is 38.1 Å². The number of aromatic nitrogens is 2. The van der Waals surface area contributed by atoms with Crippen LogP contribution in [0.25, 0.3) is 11.0 Å². The van der Waals surface area contributed by atoms with E-state index in [1.54, 1.807) is 24.3 Å². The fourth-order valence-corrected chi connectivity index (χ4v) is 3.75. The Hall–Kier alpha value is -2.67. The van der Waals surface area contributed by atoms with Gasteiger partial charge in [0.25, 0.3) is 5.91 Å². The number of rotatable bonds is 6. The minimum Gasteiger partial charge on any atom is -0.342 e. The molecule has 0 unspecified atom stereocenters. The third kappa shape index (κ3) is 4.74. The summed E-state index contributed by atoms with van der Waals surface area (Å²) in [4.78, 5) is 20.5. The molecule has 2 N–H and O–H groups in total. The molecular weight excluding hydrogens is 362 g/mol. The maximum atomic E-state index is 12.7. The third-order valence-electron chi connectivity index (χ3n) is 4.30. The lowest BCUT2D eigenvalue weighted by Crippen LogP contribution is -2.32. The number of H-pyrrole nitrogens is 1. The molecule has 2 aromatic carbocycles. The van der Waals surface area contributed by atoms with E-state index in [-0.39, 0.29) is 23.6 Å². The summed E-state index contributed by atoms with van der Waals surface area (Å²) in [7, 11) is -3.10. The van der Waals surface area contributed by atoms with Crippen molar-refractivity contribution in [3.05, 3.63) is 65.5 Å². The topological polar surface area (TPSA) is 91.9 Å². The van der Waals surface area contributed by atoms with E-state index in [0.29, 0.717) is 17.0 Å². The zero-order valence-electron chi connectivity index (χ0n) is 15.6. The molecule has 0 bridgehead atoms. The molecule has 0 saturated heterocycles. The molecule has 7 heteroatoms. The molecular formula is C20H23N3O3S. The summed E-state index contributed by atoms with van der Waals surface area (Å²) in [6.07, 6.45) is 1.19. The van der Waals surface area contributed by atoms with Crippen molar-refractivity contribution in [2.24, 2.45) is 5.92 Å². The molecule has 0 aliphatic rings. The highest BCUT2D eigenvalue weighted by molar-refractivity contribution is 7.89. The fraction of sp³-hybridized carbons (Fsp3) is 0.300. The average Bonchev–Trinajstić information content (AvgIpc) is 3.02. The van der Waals surface area contributed by atoms with E-state index in [1.165, 1.54) is 6.26 Å². The second-order valence-electron chi connectivity index (χ2n) is 7.10. The van der Waals surface area contributed by atoms with Crippen molar-refractivity contribution in [2.45, 2.75) is 25.6 Å². The summed E-state index contributed by atoms with van der Waals surface area (Å²) >= 11 is 0. The Kier molecular flexibility index (Phi) is 5.32. The van der Waals surface area contributed by atoms with Gasteiger partial charge in [0.05, 0.1) is 22.8 Å². The van der Waals surface area contributed by atoms with Crippen LogP contribution in [0.5, 0.6) is 0 Å². The largest absolute Gasteiger partial charge is 0.342 e. The van der Waals surface area contributed by atoms with Crippen molar-refractivity contribution in [3.8, 4) is 0 Å². The van der Waals surface area contributed by atoms with Crippen LogP contribution in [0.3, 0.4) is 0 Å². The Morgan fingerprint density at radius 2 is 1.78 bits per heavy atom. The Morgan fingerprint density at radius 1 is 1.11 bits per heavy atom. The van der Waals surface area contributed by atoms with Gasteiger partial charge in [0.2, 0.25) is 0 Å². The normalized spacial score (nSPS) is 13.0. The van der Waals surface area contributed by atoms with Crippen molar-refractivity contribution in [1.82, 2.24) is 15.3 Å². The van der Waals surface area contributed by atoms with E-state index in [0.717, 1.165) is 11.0 Å². The van der Waals surface area contributed by atoms with E-state index in [9.17, 15) is 13.2 Å². The summed E-state index contributed by atoms with van der Waals surface area (Å²) in [6.45, 7) is 4.04. The van der Waals surface area contributed by atoms with Crippen LogP contribution >= 0.6 is 0 Å². The monoisotopic (exact) mass is 385 g/mol. The van der Waals surface area contributed by atoms with Gasteiger partial charge in [-0.15, -0.1) is 0 Å². The van der Waals surface area contributed by atoms with Crippen LogP contribution in [0.4, 0.5) is 0 Å². The van der Waals surface area contributed by atoms with Gasteiger partial charge in [-0.2, -0.15) is 0 Å². The summed E-state index contributed by atoms with van der Waals surface area (Å²) in [5, 5.41) is 3.03. The molecule has 0 saturated carbocycles. The molecule has 0 aliphatic heterocycles. The molecule has 27 heavy (non-hydrogen) atoms. The second kappa shape index (κ2) is 7.52. The molecule has 6 nitrogen and oxygen atoms in total. The average molecular weight is 385 g/mol. The summed E-state index contributed by atoms with van der Waals surface area (Å²) in [5.74, 6) is 0.593. The third-order valence-corrected chi connectivity index (χ3v) is 5.16. The lowest BCUT2D eigenvalue weighted by Gasteiger charge is -2.20. The molecule has 1 amide bonds. The van der Waals surface area contributed by atoms with Crippen molar-refractivity contribution in [1.29, 1.82) is 0 Å². The summed E-state index contributed by atoms with van der Waals surface area (Å²) < 4.78 is 22.8. The van der Waals surface area contributed by atoms with E-state index < -0.39 is 9.84 Å². The van der Waals surface area contributed by atoms with Crippen LogP contribution in [-0.4, -0.2) is 30.5 Å². The number of nitrogens with zero attached hydrogens (tertiary/aromatic N) is 1. The number of sulfone groups is 1. The number of para-hydroxylation sites is 2. The first-order chi connectivity index (χ1) is 12.7. The zero-order valence-corrected chi connectivity index (χ0v) is 16.4. The highest BCUT2D eigenvalue weighted by Crippen LogP contribution is 2.22. The summed E-state index contributed by atoms with van der Waals surface area (Å²) in [6, 6.07) is 14.1. The smallest absolute Gasteiger partial charge is 0.251 e. The number of benzene rings is 2. The van der Waals surface area contributed by atoms with Gasteiger partial charge in [0.1, 0.15) is 5.82 Å². The number of amides is 1. The van der Waals surface area contributed by atoms with E-state index in [1.807, 2.05) is 38.1 Å². The number of aromatic amines is 1. The Morgan fingerprint density at radius 3 is 2.37 bits per heavy atom. The van der Waals surface area contributed by atoms with Crippen molar-refractivity contribution < 1.29 is 13.2 Å². The number of hydrogen-bond donors (Lipinski definition) is 2. The Balaban J connectivity index is 1.79. The Labute approximate surface area is 158 Å². The van der Waals surface area contributed by atoms with Crippen molar-refractivity contribution in [3.63, 3.8) is 0 Å². The quantitative estimate of drug-likeness (QED) is 0.681. The number of nitrogens with one attached hydrogen (secondary N) is 2. The van der Waals surface area contributed by atoms with E-state index in [4.69, 9.17) is 0 Å². The van der Waals surface area contributed by atoms with Crippen LogP contribution in [0.2, 0.25) is 0 Å². The lowest BCUT2D eigenvalue weighted by atomic mass is 10.0. The standard InChI is InChI=1S/C20H23N3O3S/c1-13(2)18(19-21-16-6-4-5-7-17(16)22-19)23-20(24)15-10-8-14(9-11-15)12-27(3,25)26/h4-11,13,18H,12H2,1-3H3,(H,21,22)(H,23,24)/t18-/m1/s1. The highest BCUT2D eigenvalue weighted by Gasteiger charge is 2.22. The second-order valence-corrected chi connectivity index (χ2v) is 9.24. The highest BCUT2D eigenvalue weighted by atomic mass is 32.2. The molecule has 3 aromatic rings. The molecule has 1 atom stereocenters. The lowest BCUT2D eigenvalue weighted by molar-refractivity contribution is 0.0923. The first kappa shape index (κ1) is 19.1. The number of carbonyl (C=O) groups excluding carboxylic acids is 1. The number of imidazole rings is 1. The minimum atomic E-state index is -3.10. The van der Waals surface area contributed by atoms with Crippen molar-refractivity contribution in [2.75, 3.05) is 6.26 Å². The molecule has 1 heterocycles. The SMILES string of the molecule is CC(C)[C@@H](NC(=O)c1ccc(CS(C)(=O)=O)cc1)c1nc2ccccc2[nH]1. The predicted molar refractivity (Wildman–Crippen MR) is 106 cm³/mol. The molecule has 142 valence electrons. The van der Waals surface area contributed by atoms with Gasteiger partial charge in [-0.05, 0) is 35.7 Å². The minimum absolute atomic E-state index is 0.0392. The molecule has 0 aliphatic carbocycles. The summed E-state index contributed by atoms with van der Waals surface area (Å²) in [5.41, 5.74) is 2.93. The first-order valence-electron chi connectivity index (χ1n) is 8.75. The number of hydrogen-bond acceptors (Lipinski definition) is 4. The maximum absolute atomic E-state index is 12.7. The van der Waals surface area contributed by atoms with Crippen molar-refractivity contribution >= 4 is 26.8 Å². The Bertz CT molecular complexity index is 1020. The molecule has 1 aromatic heterocycles. The van der Waals surface area contributed by atoms with Crippen LogP contribution < -0.4 is 5.32 Å². The van der Waals surface area contributed by atoms with Gasteiger partial charge in [-0.25, -0.2) is 13.4 Å². The predicted octanol–water partition coefficient (Wildman–Crippen LogP) is 3.23. The molecule has 0 spiro atoms. The van der Waals surface area contributed by atoms with Crippen LogP contribution in [0.1, 0.15) is 41.6 Å². The first-order valence-corrected chi connectivity index (χ1v) is 10.8. The van der Waals surface area contributed by atoms with Gasteiger partial charge < -0.3 is 10.3 Å². The maximum Gasteiger partial charge on any atom is 0.251 e. The number of fused-ring (bicyclic) bond motifs is 1. The van der Waals surface area contributed by atoms with Gasteiger partial charge in [0, 0.05) is 11.8 Å². The van der Waals surface area contributed by atoms with Crippen LogP contribution in [0.15, 0.2) is 48.5 Å². The van der Waals surface area contributed by atoms with Gasteiger partial charge in [0.15, 0.2) is 9.84 Å². The molecule has 3 rings (SSSR count). The molecule has 0 radical (unpaired) electrons. The fourth-order valence-electron chi connectivity index (χ4n) is 2.95. The van der Waals surface area contributed by atoms with Gasteiger partial charge in [-0.3, -0.25) is 4.79 Å². The van der Waals surface area contributed by atoms with Crippen LogP contribution in [0, 0.1) is 5.92 Å². The van der Waals surface area contributed by atoms with Gasteiger partial charge >= 0.3 is 0 Å². The zero-order chi connectivity index (χ0) is 19.6.